The summed E-state index contributed by atoms with van der Waals surface area (Å²) in [6.45, 7) is 0. The fourth-order valence-electron chi connectivity index (χ4n) is 1.05. The molecule has 0 unspecified atom stereocenters. The van der Waals surface area contributed by atoms with E-state index in [1.165, 1.54) is 0 Å². The lowest BCUT2D eigenvalue weighted by molar-refractivity contribution is 0.0858. The van der Waals surface area contributed by atoms with E-state index in [0.717, 1.165) is 0 Å². The Kier molecular flexibility index (Phi) is 2.93. The van der Waals surface area contributed by atoms with Crippen LogP contribution in [0.25, 0.3) is 0 Å². The first-order valence-electron chi connectivity index (χ1n) is 4.14. The monoisotopic (exact) mass is 194 g/mol. The highest BCUT2D eigenvalue weighted by molar-refractivity contribution is 5.99. The van der Waals surface area contributed by atoms with Gasteiger partial charge in [-0.05, 0) is 18.2 Å². The van der Waals surface area contributed by atoms with Gasteiger partial charge in [-0.25, -0.2) is 5.01 Å². The Morgan fingerprint density at radius 3 is 2.50 bits per heavy atom. The zero-order chi connectivity index (χ0) is 10.7. The van der Waals surface area contributed by atoms with Crippen LogP contribution >= 0.6 is 0 Å². The van der Waals surface area contributed by atoms with E-state index in [0.29, 0.717) is 16.9 Å². The molecule has 0 saturated heterocycles. The minimum Gasteiger partial charge on any atom is -0.399 e. The maximum absolute atomic E-state index is 11.5. The Labute approximate surface area is 82.6 Å². The highest BCUT2D eigenvalue weighted by atomic mass is 16.2. The molecule has 5 nitrogen and oxygen atoms in total. The number of nitrogens with one attached hydrogen (secondary N) is 1. The molecule has 0 bridgehead atoms. The molecule has 0 aliphatic heterocycles. The van der Waals surface area contributed by atoms with Crippen LogP contribution in [-0.2, 0) is 0 Å². The molecule has 0 spiro atoms. The summed E-state index contributed by atoms with van der Waals surface area (Å²) >= 11 is 0. The molecular weight excluding hydrogens is 180 g/mol. The molecule has 0 saturated carbocycles. The maximum Gasteiger partial charge on any atom is 0.267 e. The van der Waals surface area contributed by atoms with Crippen molar-refractivity contribution in [3.05, 3.63) is 23.8 Å². The van der Waals surface area contributed by atoms with Crippen molar-refractivity contribution in [1.29, 1.82) is 0 Å². The molecule has 0 heterocycles. The fraction of sp³-hybridized carbons (Fsp3) is 0.222. The van der Waals surface area contributed by atoms with Gasteiger partial charge in [0.05, 0.1) is 5.56 Å². The van der Waals surface area contributed by atoms with E-state index >= 15 is 0 Å². The molecule has 0 aromatic heterocycles. The number of benzene rings is 1. The van der Waals surface area contributed by atoms with Gasteiger partial charge in [0.15, 0.2) is 0 Å². The van der Waals surface area contributed by atoms with Crippen molar-refractivity contribution in [2.75, 3.05) is 25.6 Å². The van der Waals surface area contributed by atoms with Gasteiger partial charge in [-0.15, -0.1) is 0 Å². The van der Waals surface area contributed by atoms with Gasteiger partial charge in [0.2, 0.25) is 0 Å². The zero-order valence-electron chi connectivity index (χ0n) is 8.24. The largest absolute Gasteiger partial charge is 0.399 e. The van der Waals surface area contributed by atoms with Gasteiger partial charge >= 0.3 is 0 Å². The van der Waals surface area contributed by atoms with Gasteiger partial charge in [-0.2, -0.15) is 0 Å². The van der Waals surface area contributed by atoms with Crippen LogP contribution in [0.2, 0.25) is 0 Å². The summed E-state index contributed by atoms with van der Waals surface area (Å²) in [4.78, 5) is 11.5. The van der Waals surface area contributed by atoms with E-state index in [4.69, 9.17) is 11.5 Å². The summed E-state index contributed by atoms with van der Waals surface area (Å²) in [5, 5.41) is 1.55. The van der Waals surface area contributed by atoms with Crippen LogP contribution in [0, 0.1) is 0 Å². The molecule has 0 atom stereocenters. The lowest BCUT2D eigenvalue weighted by Crippen LogP contribution is -2.36. The third kappa shape index (κ3) is 2.37. The summed E-state index contributed by atoms with van der Waals surface area (Å²) in [7, 11) is 3.46. The zero-order valence-corrected chi connectivity index (χ0v) is 8.24. The second kappa shape index (κ2) is 3.97. The summed E-state index contributed by atoms with van der Waals surface area (Å²) in [5.41, 5.74) is 15.1. The van der Waals surface area contributed by atoms with Gasteiger partial charge in [-0.3, -0.25) is 10.2 Å². The highest BCUT2D eigenvalue weighted by Crippen LogP contribution is 2.15. The summed E-state index contributed by atoms with van der Waals surface area (Å²) in [6.07, 6.45) is 0. The van der Waals surface area contributed by atoms with Crippen molar-refractivity contribution < 1.29 is 4.79 Å². The predicted octanol–water partition coefficient (Wildman–Crippen LogP) is 0.0574. The average Bonchev–Trinajstić information content (AvgIpc) is 2.01. The number of nitrogens with two attached hydrogens (primary N) is 2. The first-order valence-corrected chi connectivity index (χ1v) is 4.14. The Morgan fingerprint density at radius 2 is 2.00 bits per heavy atom. The molecule has 5 heteroatoms. The molecule has 1 aromatic carbocycles. The lowest BCUT2D eigenvalue weighted by atomic mass is 10.1. The first-order chi connectivity index (χ1) is 6.50. The van der Waals surface area contributed by atoms with Crippen molar-refractivity contribution in [2.45, 2.75) is 0 Å². The van der Waals surface area contributed by atoms with Crippen molar-refractivity contribution >= 4 is 17.3 Å². The maximum atomic E-state index is 11.5. The standard InChI is InChI=1S/C9H14N4O/c1-13(2)12-9(14)7-4-3-6(10)5-8(7)11/h3-5H,10-11H2,1-2H3,(H,12,14). The second-order valence-electron chi connectivity index (χ2n) is 3.18. The number of rotatable bonds is 2. The quantitative estimate of drug-likeness (QED) is 0.459. The van der Waals surface area contributed by atoms with Crippen molar-refractivity contribution in [1.82, 2.24) is 10.4 Å². The predicted molar refractivity (Wildman–Crippen MR) is 56.4 cm³/mol. The molecule has 0 fully saturated rings. The van der Waals surface area contributed by atoms with Crippen LogP contribution < -0.4 is 16.9 Å². The first kappa shape index (κ1) is 10.3. The third-order valence-electron chi connectivity index (χ3n) is 1.65. The van der Waals surface area contributed by atoms with E-state index in [9.17, 15) is 4.79 Å². The normalized spacial score (nSPS) is 10.2. The lowest BCUT2D eigenvalue weighted by Gasteiger charge is -2.13. The molecule has 5 N–H and O–H groups in total. The number of carbonyl (C=O) groups is 1. The molecule has 0 radical (unpaired) electrons. The molecule has 76 valence electrons. The van der Waals surface area contributed by atoms with Gasteiger partial charge in [0.1, 0.15) is 0 Å². The molecule has 1 rings (SSSR count). The van der Waals surface area contributed by atoms with Crippen LogP contribution in [-0.4, -0.2) is 25.0 Å². The van der Waals surface area contributed by atoms with Crippen molar-refractivity contribution in [3.8, 4) is 0 Å². The number of anilines is 2. The SMILES string of the molecule is CN(C)NC(=O)c1ccc(N)cc1N. The van der Waals surface area contributed by atoms with Gasteiger partial charge < -0.3 is 11.5 Å². The van der Waals surface area contributed by atoms with E-state index in [1.54, 1.807) is 37.3 Å². The number of hydrazine groups is 1. The topological polar surface area (TPSA) is 84.4 Å². The van der Waals surface area contributed by atoms with Crippen LogP contribution in [0.4, 0.5) is 11.4 Å². The number of hydrogen-bond donors (Lipinski definition) is 3. The summed E-state index contributed by atoms with van der Waals surface area (Å²) in [5.74, 6) is -0.243. The average molecular weight is 194 g/mol. The third-order valence-corrected chi connectivity index (χ3v) is 1.65. The van der Waals surface area contributed by atoms with Gasteiger partial charge in [0.25, 0.3) is 5.91 Å². The van der Waals surface area contributed by atoms with Crippen LogP contribution in [0.3, 0.4) is 0 Å². The van der Waals surface area contributed by atoms with Crippen molar-refractivity contribution in [2.24, 2.45) is 0 Å². The number of amides is 1. The van der Waals surface area contributed by atoms with Gasteiger partial charge in [0, 0.05) is 25.5 Å². The molecule has 1 aromatic rings. The van der Waals surface area contributed by atoms with E-state index in [1.807, 2.05) is 0 Å². The summed E-state index contributed by atoms with van der Waals surface area (Å²) in [6, 6.07) is 4.80. The van der Waals surface area contributed by atoms with Gasteiger partial charge in [-0.1, -0.05) is 0 Å². The van der Waals surface area contributed by atoms with Crippen molar-refractivity contribution in [3.63, 3.8) is 0 Å². The van der Waals surface area contributed by atoms with Crippen LogP contribution in [0.1, 0.15) is 10.4 Å². The van der Waals surface area contributed by atoms with Crippen LogP contribution in [0.15, 0.2) is 18.2 Å². The number of nitrogens with zero attached hydrogens (tertiary/aromatic N) is 1. The number of hydrogen-bond acceptors (Lipinski definition) is 4. The minimum atomic E-state index is -0.243. The Balaban J connectivity index is 2.90. The van der Waals surface area contributed by atoms with E-state index in [2.05, 4.69) is 5.43 Å². The Morgan fingerprint density at radius 1 is 1.36 bits per heavy atom. The molecule has 0 aliphatic rings. The molecule has 1 amide bonds. The second-order valence-corrected chi connectivity index (χ2v) is 3.18. The minimum absolute atomic E-state index is 0.243. The Hall–Kier alpha value is -1.75. The van der Waals surface area contributed by atoms with E-state index < -0.39 is 0 Å². The molecular formula is C9H14N4O. The highest BCUT2D eigenvalue weighted by Gasteiger charge is 2.09. The number of nitrogen functional groups attached to an aromatic ring is 2. The molecule has 14 heavy (non-hydrogen) atoms. The molecule has 0 aliphatic carbocycles. The fourth-order valence-corrected chi connectivity index (χ4v) is 1.05. The van der Waals surface area contributed by atoms with Crippen LogP contribution in [0.5, 0.6) is 0 Å². The summed E-state index contributed by atoms with van der Waals surface area (Å²) < 4.78 is 0. The number of carbonyl (C=O) groups excluding carboxylic acids is 1. The Bertz CT molecular complexity index is 349. The smallest absolute Gasteiger partial charge is 0.267 e. The van der Waals surface area contributed by atoms with E-state index in [-0.39, 0.29) is 5.91 Å².